The van der Waals surface area contributed by atoms with Gasteiger partial charge in [0.15, 0.2) is 5.78 Å². The highest BCUT2D eigenvalue weighted by Gasteiger charge is 2.13. The van der Waals surface area contributed by atoms with E-state index in [1.165, 1.54) is 11.3 Å². The first-order chi connectivity index (χ1) is 5.52. The Bertz CT molecular complexity index is 282. The molecule has 0 aliphatic carbocycles. The molecule has 1 aromatic heterocycles. The molecule has 0 aliphatic heterocycles. The minimum atomic E-state index is 0.0578. The van der Waals surface area contributed by atoms with Gasteiger partial charge in [-0.05, 0) is 13.0 Å². The molecule has 0 bridgehead atoms. The number of nitrogen functional groups attached to an aromatic ring is 1. The second-order valence-electron chi connectivity index (χ2n) is 3.14. The average molecular weight is 183 g/mol. The molecule has 0 amide bonds. The van der Waals surface area contributed by atoms with E-state index in [1.54, 1.807) is 6.07 Å². The Balaban J connectivity index is 2.97. The molecule has 0 atom stereocenters. The minimum Gasteiger partial charge on any atom is -0.398 e. The Kier molecular flexibility index (Phi) is 2.52. The first kappa shape index (κ1) is 9.26. The summed E-state index contributed by atoms with van der Waals surface area (Å²) < 4.78 is 0. The van der Waals surface area contributed by atoms with Crippen molar-refractivity contribution in [1.29, 1.82) is 0 Å². The third-order valence-electron chi connectivity index (χ3n) is 1.72. The molecule has 1 rings (SSSR count). The molecule has 0 spiro atoms. The van der Waals surface area contributed by atoms with Crippen LogP contribution in [0, 0.1) is 12.8 Å². The third-order valence-corrected chi connectivity index (χ3v) is 2.80. The molecular weight excluding hydrogens is 170 g/mol. The van der Waals surface area contributed by atoms with Crippen molar-refractivity contribution in [2.75, 3.05) is 5.73 Å². The number of anilines is 1. The molecule has 3 heteroatoms. The number of carbonyl (C=O) groups is 1. The molecule has 1 heterocycles. The molecule has 0 radical (unpaired) electrons. The van der Waals surface area contributed by atoms with Crippen LogP contribution in [-0.2, 0) is 0 Å². The lowest BCUT2D eigenvalue weighted by atomic mass is 10.1. The summed E-state index contributed by atoms with van der Waals surface area (Å²) in [5.74, 6) is 0.238. The summed E-state index contributed by atoms with van der Waals surface area (Å²) in [6.07, 6.45) is 0. The quantitative estimate of drug-likeness (QED) is 0.716. The standard InChI is InChI=1S/C9H13NOS/c1-5(2)9(11)8-4-7(10)6(3)12-8/h4-5H,10H2,1-3H3. The van der Waals surface area contributed by atoms with E-state index in [-0.39, 0.29) is 11.7 Å². The molecular formula is C9H13NOS. The molecule has 0 saturated heterocycles. The average Bonchev–Trinajstić information content (AvgIpc) is 2.30. The van der Waals surface area contributed by atoms with Crippen LogP contribution < -0.4 is 5.73 Å². The zero-order valence-corrected chi connectivity index (χ0v) is 8.37. The van der Waals surface area contributed by atoms with Gasteiger partial charge in [-0.25, -0.2) is 0 Å². The molecule has 1 aromatic rings. The van der Waals surface area contributed by atoms with Gasteiger partial charge in [-0.1, -0.05) is 13.8 Å². The fraction of sp³-hybridized carbons (Fsp3) is 0.444. The topological polar surface area (TPSA) is 43.1 Å². The Hall–Kier alpha value is -0.830. The maximum atomic E-state index is 11.5. The van der Waals surface area contributed by atoms with Crippen LogP contribution in [0.2, 0.25) is 0 Å². The van der Waals surface area contributed by atoms with Crippen molar-refractivity contribution >= 4 is 22.8 Å². The van der Waals surface area contributed by atoms with Crippen molar-refractivity contribution in [3.8, 4) is 0 Å². The zero-order valence-electron chi connectivity index (χ0n) is 7.55. The molecule has 66 valence electrons. The maximum Gasteiger partial charge on any atom is 0.175 e. The number of Topliss-reactive ketones (excluding diaryl/α,β-unsaturated/α-hetero) is 1. The first-order valence-electron chi connectivity index (χ1n) is 3.92. The maximum absolute atomic E-state index is 11.5. The lowest BCUT2D eigenvalue weighted by Gasteiger charge is -1.98. The van der Waals surface area contributed by atoms with Gasteiger partial charge in [-0.2, -0.15) is 0 Å². The smallest absolute Gasteiger partial charge is 0.175 e. The predicted octanol–water partition coefficient (Wildman–Crippen LogP) is 2.48. The normalized spacial score (nSPS) is 10.7. The summed E-state index contributed by atoms with van der Waals surface area (Å²) in [5, 5.41) is 0. The van der Waals surface area contributed by atoms with Crippen molar-refractivity contribution in [2.45, 2.75) is 20.8 Å². The first-order valence-corrected chi connectivity index (χ1v) is 4.74. The Morgan fingerprint density at radius 2 is 2.17 bits per heavy atom. The summed E-state index contributed by atoms with van der Waals surface area (Å²) in [5.41, 5.74) is 6.36. The van der Waals surface area contributed by atoms with Crippen LogP contribution in [0.5, 0.6) is 0 Å². The fourth-order valence-corrected chi connectivity index (χ4v) is 1.93. The number of hydrogen-bond donors (Lipinski definition) is 1. The number of carbonyl (C=O) groups excluding carboxylic acids is 1. The van der Waals surface area contributed by atoms with Crippen LogP contribution in [-0.4, -0.2) is 5.78 Å². The largest absolute Gasteiger partial charge is 0.398 e. The van der Waals surface area contributed by atoms with Gasteiger partial charge in [0.1, 0.15) is 0 Å². The highest BCUT2D eigenvalue weighted by molar-refractivity contribution is 7.14. The van der Waals surface area contributed by atoms with Gasteiger partial charge in [-0.3, -0.25) is 4.79 Å². The number of rotatable bonds is 2. The van der Waals surface area contributed by atoms with Gasteiger partial charge in [0.2, 0.25) is 0 Å². The number of aryl methyl sites for hydroxylation is 1. The van der Waals surface area contributed by atoms with Crippen molar-refractivity contribution < 1.29 is 4.79 Å². The molecule has 12 heavy (non-hydrogen) atoms. The van der Waals surface area contributed by atoms with Crippen molar-refractivity contribution in [3.05, 3.63) is 15.8 Å². The highest BCUT2D eigenvalue weighted by atomic mass is 32.1. The van der Waals surface area contributed by atoms with E-state index in [9.17, 15) is 4.79 Å². The van der Waals surface area contributed by atoms with E-state index in [2.05, 4.69) is 0 Å². The van der Waals surface area contributed by atoms with Gasteiger partial charge in [0.25, 0.3) is 0 Å². The number of thiophene rings is 1. The second kappa shape index (κ2) is 3.27. The Labute approximate surface area is 76.4 Å². The van der Waals surface area contributed by atoms with E-state index in [0.29, 0.717) is 0 Å². The molecule has 0 aliphatic rings. The zero-order chi connectivity index (χ0) is 9.30. The lowest BCUT2D eigenvalue weighted by molar-refractivity contribution is 0.0943. The summed E-state index contributed by atoms with van der Waals surface area (Å²) in [6, 6.07) is 1.77. The molecule has 0 unspecified atom stereocenters. The third kappa shape index (κ3) is 1.67. The van der Waals surface area contributed by atoms with Crippen LogP contribution in [0.4, 0.5) is 5.69 Å². The minimum absolute atomic E-state index is 0.0578. The molecule has 2 nitrogen and oxygen atoms in total. The van der Waals surface area contributed by atoms with Gasteiger partial charge in [0.05, 0.1) is 4.88 Å². The van der Waals surface area contributed by atoms with E-state index in [4.69, 9.17) is 5.73 Å². The Morgan fingerprint density at radius 1 is 1.58 bits per heavy atom. The summed E-state index contributed by atoms with van der Waals surface area (Å²) in [7, 11) is 0. The van der Waals surface area contributed by atoms with Gasteiger partial charge in [-0.15, -0.1) is 11.3 Å². The fourth-order valence-electron chi connectivity index (χ4n) is 0.902. The van der Waals surface area contributed by atoms with E-state index < -0.39 is 0 Å². The van der Waals surface area contributed by atoms with Crippen LogP contribution in [0.25, 0.3) is 0 Å². The summed E-state index contributed by atoms with van der Waals surface area (Å²) in [4.78, 5) is 13.3. The SMILES string of the molecule is Cc1sc(C(=O)C(C)C)cc1N. The lowest BCUT2D eigenvalue weighted by Crippen LogP contribution is -2.04. The monoisotopic (exact) mass is 183 g/mol. The van der Waals surface area contributed by atoms with Crippen LogP contribution >= 0.6 is 11.3 Å². The summed E-state index contributed by atoms with van der Waals surface area (Å²) in [6.45, 7) is 5.72. The molecule has 2 N–H and O–H groups in total. The van der Waals surface area contributed by atoms with Gasteiger partial charge >= 0.3 is 0 Å². The van der Waals surface area contributed by atoms with Crippen LogP contribution in [0.15, 0.2) is 6.07 Å². The molecule has 0 aromatic carbocycles. The summed E-state index contributed by atoms with van der Waals surface area (Å²) >= 11 is 1.48. The number of hydrogen-bond acceptors (Lipinski definition) is 3. The van der Waals surface area contributed by atoms with Crippen molar-refractivity contribution in [2.24, 2.45) is 5.92 Å². The van der Waals surface area contributed by atoms with Gasteiger partial charge < -0.3 is 5.73 Å². The van der Waals surface area contributed by atoms with E-state index in [1.807, 2.05) is 20.8 Å². The number of ketones is 1. The van der Waals surface area contributed by atoms with E-state index in [0.717, 1.165) is 15.4 Å². The highest BCUT2D eigenvalue weighted by Crippen LogP contribution is 2.25. The Morgan fingerprint density at radius 3 is 2.50 bits per heavy atom. The van der Waals surface area contributed by atoms with Crippen molar-refractivity contribution in [1.82, 2.24) is 0 Å². The van der Waals surface area contributed by atoms with Crippen molar-refractivity contribution in [3.63, 3.8) is 0 Å². The van der Waals surface area contributed by atoms with E-state index >= 15 is 0 Å². The number of nitrogens with two attached hydrogens (primary N) is 1. The van der Waals surface area contributed by atoms with Crippen LogP contribution in [0.3, 0.4) is 0 Å². The van der Waals surface area contributed by atoms with Crippen LogP contribution in [0.1, 0.15) is 28.4 Å². The van der Waals surface area contributed by atoms with Gasteiger partial charge in [0, 0.05) is 16.5 Å². The molecule has 0 saturated carbocycles. The predicted molar refractivity (Wildman–Crippen MR) is 52.6 cm³/mol. The molecule has 0 fully saturated rings. The second-order valence-corrected chi connectivity index (χ2v) is 4.40.